The smallest absolute Gasteiger partial charge is 0.261 e. The summed E-state index contributed by atoms with van der Waals surface area (Å²) in [5.41, 5.74) is 0. The number of hydrogen-bond acceptors (Lipinski definition) is 2. The van der Waals surface area contributed by atoms with E-state index in [2.05, 4.69) is 93.0 Å². The predicted molar refractivity (Wildman–Crippen MR) is 115 cm³/mol. The maximum atomic E-state index is 9.61. The Bertz CT molecular complexity index is 791. The van der Waals surface area contributed by atoms with Crippen molar-refractivity contribution in [3.05, 3.63) is 60.7 Å². The summed E-state index contributed by atoms with van der Waals surface area (Å²) >= 11 is 0. The summed E-state index contributed by atoms with van der Waals surface area (Å²) in [5.74, 6) is 11.0. The lowest BCUT2D eigenvalue weighted by Gasteiger charge is -2.43. The molecule has 2 rings (SSSR count). The van der Waals surface area contributed by atoms with Crippen LogP contribution in [0.25, 0.3) is 0 Å². The first kappa shape index (κ1) is 21.0. The first-order chi connectivity index (χ1) is 12.9. The summed E-state index contributed by atoms with van der Waals surface area (Å²) in [6, 6.07) is 21.1. The van der Waals surface area contributed by atoms with E-state index >= 15 is 0 Å². The van der Waals surface area contributed by atoms with Crippen molar-refractivity contribution in [1.29, 1.82) is 0 Å². The fourth-order valence-electron chi connectivity index (χ4n) is 3.36. The fraction of sp³-hybridized carbons (Fsp3) is 0.333. The van der Waals surface area contributed by atoms with Gasteiger partial charge in [-0.15, -0.1) is 5.92 Å². The molecular weight excluding hydrogens is 348 g/mol. The van der Waals surface area contributed by atoms with Crippen LogP contribution in [0.15, 0.2) is 60.7 Å². The molecule has 0 aliphatic rings. The number of rotatable bonds is 5. The first-order valence-corrected chi connectivity index (χ1v) is 11.2. The van der Waals surface area contributed by atoms with Crippen molar-refractivity contribution >= 4 is 18.7 Å². The Morgan fingerprint density at radius 1 is 0.926 bits per heavy atom. The second kappa shape index (κ2) is 9.58. The lowest BCUT2D eigenvalue weighted by molar-refractivity contribution is 0.288. The van der Waals surface area contributed by atoms with Crippen LogP contribution in [0.4, 0.5) is 0 Å². The molecule has 0 radical (unpaired) electrons. The molecule has 0 bridgehead atoms. The quantitative estimate of drug-likeness (QED) is 0.493. The van der Waals surface area contributed by atoms with E-state index in [9.17, 15) is 5.11 Å². The number of aliphatic hydroxyl groups excluding tert-OH is 1. The molecule has 0 saturated carbocycles. The van der Waals surface area contributed by atoms with E-state index in [0.29, 0.717) is 13.0 Å². The van der Waals surface area contributed by atoms with Gasteiger partial charge in [0.2, 0.25) is 0 Å². The van der Waals surface area contributed by atoms with Crippen LogP contribution in [-0.4, -0.2) is 26.1 Å². The molecule has 2 aromatic rings. The van der Waals surface area contributed by atoms with E-state index in [-0.39, 0.29) is 5.04 Å². The van der Waals surface area contributed by atoms with E-state index in [1.165, 1.54) is 10.4 Å². The minimum Gasteiger partial charge on any atom is -0.406 e. The van der Waals surface area contributed by atoms with Gasteiger partial charge in [-0.05, 0) is 22.3 Å². The summed E-state index contributed by atoms with van der Waals surface area (Å²) in [7, 11) is -2.50. The largest absolute Gasteiger partial charge is 0.406 e. The van der Waals surface area contributed by atoms with Crippen LogP contribution in [0.1, 0.15) is 34.1 Å². The van der Waals surface area contributed by atoms with Crippen molar-refractivity contribution in [1.82, 2.24) is 0 Å². The zero-order valence-electron chi connectivity index (χ0n) is 16.6. The Balaban J connectivity index is 2.36. The lowest BCUT2D eigenvalue weighted by Crippen LogP contribution is -2.66. The van der Waals surface area contributed by atoms with E-state index in [0.717, 1.165) is 0 Å². The van der Waals surface area contributed by atoms with Crippen molar-refractivity contribution in [2.75, 3.05) is 6.61 Å². The molecule has 3 heteroatoms. The van der Waals surface area contributed by atoms with Gasteiger partial charge in [-0.1, -0.05) is 99.2 Å². The average molecular weight is 377 g/mol. The van der Waals surface area contributed by atoms with Crippen molar-refractivity contribution < 1.29 is 9.53 Å². The summed E-state index contributed by atoms with van der Waals surface area (Å²) in [6.45, 7) is 8.98. The molecule has 2 nitrogen and oxygen atoms in total. The van der Waals surface area contributed by atoms with Crippen LogP contribution >= 0.6 is 0 Å². The highest BCUT2D eigenvalue weighted by atomic mass is 28.4. The van der Waals surface area contributed by atoms with Crippen LogP contribution in [0.2, 0.25) is 5.04 Å². The normalized spacial score (nSPS) is 12.3. The second-order valence-electron chi connectivity index (χ2n) is 7.38. The molecule has 1 atom stereocenters. The van der Waals surface area contributed by atoms with Crippen LogP contribution in [0, 0.1) is 23.7 Å². The lowest BCUT2D eigenvalue weighted by atomic mass is 10.2. The average Bonchev–Trinajstić information content (AvgIpc) is 2.65. The summed E-state index contributed by atoms with van der Waals surface area (Å²) < 4.78 is 6.73. The molecule has 2 aromatic carbocycles. The van der Waals surface area contributed by atoms with Gasteiger partial charge in [-0.3, -0.25) is 0 Å². The number of benzene rings is 2. The third-order valence-electron chi connectivity index (χ3n) is 4.48. The van der Waals surface area contributed by atoms with E-state index in [1.54, 1.807) is 6.92 Å². The predicted octanol–water partition coefficient (Wildman–Crippen LogP) is 3.34. The molecule has 0 aliphatic carbocycles. The molecule has 0 aliphatic heterocycles. The minimum absolute atomic E-state index is 0.0453. The Morgan fingerprint density at radius 2 is 1.44 bits per heavy atom. The Hall–Kier alpha value is -2.30. The SMILES string of the molecule is CC#CC(O)C#CCCO[Si](c1ccccc1)(c1ccccc1)C(C)(C)C. The van der Waals surface area contributed by atoms with E-state index in [1.807, 2.05) is 12.1 Å². The molecule has 1 N–H and O–H groups in total. The third-order valence-corrected chi connectivity index (χ3v) is 9.52. The Labute approximate surface area is 164 Å². The highest BCUT2D eigenvalue weighted by molar-refractivity contribution is 6.99. The highest BCUT2D eigenvalue weighted by Gasteiger charge is 2.49. The van der Waals surface area contributed by atoms with Crippen LogP contribution in [0.3, 0.4) is 0 Å². The third kappa shape index (κ3) is 5.12. The zero-order chi connectivity index (χ0) is 19.8. The monoisotopic (exact) mass is 376 g/mol. The topological polar surface area (TPSA) is 29.5 Å². The van der Waals surface area contributed by atoms with Gasteiger partial charge in [-0.2, -0.15) is 0 Å². The van der Waals surface area contributed by atoms with Crippen LogP contribution in [-0.2, 0) is 4.43 Å². The molecule has 0 amide bonds. The fourth-order valence-corrected chi connectivity index (χ4v) is 7.92. The van der Waals surface area contributed by atoms with Crippen molar-refractivity contribution in [3.63, 3.8) is 0 Å². The zero-order valence-corrected chi connectivity index (χ0v) is 17.6. The number of aliphatic hydroxyl groups is 1. The van der Waals surface area contributed by atoms with Gasteiger partial charge in [-0.25, -0.2) is 0 Å². The van der Waals surface area contributed by atoms with E-state index < -0.39 is 14.4 Å². The van der Waals surface area contributed by atoms with Crippen molar-refractivity contribution in [3.8, 4) is 23.7 Å². The molecule has 0 fully saturated rings. The van der Waals surface area contributed by atoms with Crippen LogP contribution < -0.4 is 10.4 Å². The van der Waals surface area contributed by atoms with Gasteiger partial charge in [0.1, 0.15) is 0 Å². The standard InChI is InChI=1S/C24H28O2Si/c1-5-14-21(25)15-12-13-20-26-27(24(2,3)4,22-16-8-6-9-17-22)23-18-10-7-11-19-23/h6-11,16-19,21,25H,13,20H2,1-4H3. The van der Waals surface area contributed by atoms with Gasteiger partial charge >= 0.3 is 0 Å². The second-order valence-corrected chi connectivity index (χ2v) is 11.7. The molecule has 0 saturated heterocycles. The minimum atomic E-state index is -2.50. The summed E-state index contributed by atoms with van der Waals surface area (Å²) in [4.78, 5) is 0. The van der Waals surface area contributed by atoms with Crippen molar-refractivity contribution in [2.24, 2.45) is 0 Å². The highest BCUT2D eigenvalue weighted by Crippen LogP contribution is 2.36. The van der Waals surface area contributed by atoms with Gasteiger partial charge in [0.25, 0.3) is 8.32 Å². The van der Waals surface area contributed by atoms with Gasteiger partial charge in [0.15, 0.2) is 6.10 Å². The summed E-state index contributed by atoms with van der Waals surface area (Å²) in [5, 5.41) is 12.1. The Kier molecular flexibility index (Phi) is 7.45. The molecule has 27 heavy (non-hydrogen) atoms. The molecule has 1 unspecified atom stereocenters. The summed E-state index contributed by atoms with van der Waals surface area (Å²) in [6.07, 6.45) is -0.324. The first-order valence-electron chi connectivity index (χ1n) is 9.25. The molecule has 0 aromatic heterocycles. The molecular formula is C24H28O2Si. The van der Waals surface area contributed by atoms with E-state index in [4.69, 9.17) is 4.43 Å². The van der Waals surface area contributed by atoms with Crippen LogP contribution in [0.5, 0.6) is 0 Å². The maximum absolute atomic E-state index is 9.61. The Morgan fingerprint density at radius 3 is 1.89 bits per heavy atom. The van der Waals surface area contributed by atoms with Crippen molar-refractivity contribution in [2.45, 2.75) is 45.3 Å². The van der Waals surface area contributed by atoms with Gasteiger partial charge < -0.3 is 9.53 Å². The van der Waals surface area contributed by atoms with Gasteiger partial charge in [0.05, 0.1) is 0 Å². The van der Waals surface area contributed by atoms with Gasteiger partial charge in [0, 0.05) is 13.0 Å². The molecule has 140 valence electrons. The maximum Gasteiger partial charge on any atom is 0.261 e. The molecule has 0 heterocycles. The number of hydrogen-bond donors (Lipinski definition) is 1. The molecule has 0 spiro atoms.